The zero-order chi connectivity index (χ0) is 13.6. The molecule has 0 N–H and O–H groups in total. The van der Waals surface area contributed by atoms with E-state index in [0.29, 0.717) is 12.2 Å². The minimum Gasteiger partial charge on any atom is -0.492 e. The summed E-state index contributed by atoms with van der Waals surface area (Å²) < 4.78 is 42.5. The van der Waals surface area contributed by atoms with Crippen molar-refractivity contribution in [2.45, 2.75) is 13.3 Å². The van der Waals surface area contributed by atoms with E-state index in [0.717, 1.165) is 0 Å². The molecule has 0 saturated carbocycles. The van der Waals surface area contributed by atoms with Crippen molar-refractivity contribution in [2.24, 2.45) is 0 Å². The van der Waals surface area contributed by atoms with E-state index in [1.807, 2.05) is 6.92 Å². The molecule has 18 heavy (non-hydrogen) atoms. The van der Waals surface area contributed by atoms with Gasteiger partial charge in [-0.1, -0.05) is 6.92 Å². The summed E-state index contributed by atoms with van der Waals surface area (Å²) in [6, 6.07) is 5.62. The fourth-order valence-corrected chi connectivity index (χ4v) is 2.56. The second-order valence-electron chi connectivity index (χ2n) is 3.94. The molecule has 0 spiro atoms. The number of sulfonamides is 1. The van der Waals surface area contributed by atoms with E-state index in [1.165, 1.54) is 35.6 Å². The van der Waals surface area contributed by atoms with Crippen LogP contribution in [-0.4, -0.2) is 38.7 Å². The Morgan fingerprint density at radius 3 is 2.44 bits per heavy atom. The summed E-state index contributed by atoms with van der Waals surface area (Å²) in [5.41, 5.74) is 0. The second-order valence-corrected chi connectivity index (χ2v) is 6.14. The largest absolute Gasteiger partial charge is 0.492 e. The molecule has 0 bridgehead atoms. The third-order valence-corrected chi connectivity index (χ3v) is 4.48. The van der Waals surface area contributed by atoms with Crippen LogP contribution in [0.3, 0.4) is 0 Å². The maximum absolute atomic E-state index is 12.6. The van der Waals surface area contributed by atoms with Crippen LogP contribution >= 0.6 is 0 Å². The molecule has 0 radical (unpaired) electrons. The molecule has 0 fully saturated rings. The van der Waals surface area contributed by atoms with Crippen molar-refractivity contribution in [3.05, 3.63) is 30.1 Å². The maximum atomic E-state index is 12.6. The van der Waals surface area contributed by atoms with E-state index in [1.54, 1.807) is 0 Å². The number of hydrogen-bond acceptors (Lipinski definition) is 3. The highest BCUT2D eigenvalue weighted by Gasteiger charge is 2.15. The molecule has 0 unspecified atom stereocenters. The molecule has 0 aliphatic rings. The first-order valence-electron chi connectivity index (χ1n) is 5.78. The zero-order valence-corrected chi connectivity index (χ0v) is 11.4. The molecule has 4 nitrogen and oxygen atoms in total. The van der Waals surface area contributed by atoms with Gasteiger partial charge in [-0.15, -0.1) is 0 Å². The first kappa shape index (κ1) is 14.9. The van der Waals surface area contributed by atoms with Crippen LogP contribution in [0.5, 0.6) is 5.75 Å². The van der Waals surface area contributed by atoms with Crippen LogP contribution in [0.25, 0.3) is 0 Å². The average molecular weight is 275 g/mol. The monoisotopic (exact) mass is 275 g/mol. The number of ether oxygens (including phenoxy) is 1. The molecule has 6 heteroatoms. The molecule has 0 aliphatic carbocycles. The molecule has 0 saturated heterocycles. The minimum absolute atomic E-state index is 0.139. The number of benzene rings is 1. The lowest BCUT2D eigenvalue weighted by molar-refractivity contribution is 0.286. The molecule has 1 aromatic rings. The summed E-state index contributed by atoms with van der Waals surface area (Å²) in [6.07, 6.45) is 0.589. The lowest BCUT2D eigenvalue weighted by atomic mass is 10.3. The topological polar surface area (TPSA) is 46.6 Å². The quantitative estimate of drug-likeness (QED) is 0.763. The highest BCUT2D eigenvalue weighted by molar-refractivity contribution is 7.89. The SMILES string of the molecule is CCCS(=O)(=O)N(C)CCOc1ccc(F)cc1. The van der Waals surface area contributed by atoms with Crippen LogP contribution < -0.4 is 4.74 Å². The van der Waals surface area contributed by atoms with Crippen molar-refractivity contribution in [1.82, 2.24) is 4.31 Å². The molecule has 0 amide bonds. The number of nitrogens with zero attached hydrogens (tertiary/aromatic N) is 1. The van der Waals surface area contributed by atoms with Gasteiger partial charge in [0.15, 0.2) is 0 Å². The summed E-state index contributed by atoms with van der Waals surface area (Å²) in [6.45, 7) is 2.34. The van der Waals surface area contributed by atoms with E-state index < -0.39 is 10.0 Å². The van der Waals surface area contributed by atoms with Crippen LogP contribution in [0.1, 0.15) is 13.3 Å². The van der Waals surface area contributed by atoms with Crippen LogP contribution in [0, 0.1) is 5.82 Å². The Morgan fingerprint density at radius 2 is 1.89 bits per heavy atom. The number of halogens is 1. The molecular weight excluding hydrogens is 257 g/mol. The van der Waals surface area contributed by atoms with Gasteiger partial charge in [0.2, 0.25) is 10.0 Å². The van der Waals surface area contributed by atoms with E-state index in [-0.39, 0.29) is 24.7 Å². The second kappa shape index (κ2) is 6.70. The van der Waals surface area contributed by atoms with Crippen molar-refractivity contribution in [2.75, 3.05) is 26.0 Å². The van der Waals surface area contributed by atoms with Gasteiger partial charge in [-0.25, -0.2) is 17.1 Å². The van der Waals surface area contributed by atoms with Gasteiger partial charge in [-0.05, 0) is 30.7 Å². The van der Waals surface area contributed by atoms with Crippen molar-refractivity contribution in [3.8, 4) is 5.75 Å². The molecule has 102 valence electrons. The van der Waals surface area contributed by atoms with E-state index >= 15 is 0 Å². The Balaban J connectivity index is 2.40. The van der Waals surface area contributed by atoms with Gasteiger partial charge in [0.05, 0.1) is 5.75 Å². The predicted octanol–water partition coefficient (Wildman–Crippen LogP) is 1.88. The van der Waals surface area contributed by atoms with Gasteiger partial charge >= 0.3 is 0 Å². The Kier molecular flexibility index (Phi) is 5.55. The van der Waals surface area contributed by atoms with Crippen LogP contribution in [0.4, 0.5) is 4.39 Å². The summed E-state index contributed by atoms with van der Waals surface area (Å²) in [5, 5.41) is 0. The highest BCUT2D eigenvalue weighted by Crippen LogP contribution is 2.11. The fraction of sp³-hybridized carbons (Fsp3) is 0.500. The summed E-state index contributed by atoms with van der Waals surface area (Å²) >= 11 is 0. The molecule has 0 heterocycles. The molecule has 1 aromatic carbocycles. The number of rotatable bonds is 7. The summed E-state index contributed by atoms with van der Waals surface area (Å²) in [7, 11) is -1.65. The predicted molar refractivity (Wildman–Crippen MR) is 68.6 cm³/mol. The zero-order valence-electron chi connectivity index (χ0n) is 10.6. The van der Waals surface area contributed by atoms with E-state index in [2.05, 4.69) is 0 Å². The summed E-state index contributed by atoms with van der Waals surface area (Å²) in [5.74, 6) is 0.336. The smallest absolute Gasteiger partial charge is 0.213 e. The lowest BCUT2D eigenvalue weighted by Gasteiger charge is -2.16. The third kappa shape index (κ3) is 4.62. The molecule has 1 rings (SSSR count). The van der Waals surface area contributed by atoms with Gasteiger partial charge in [-0.2, -0.15) is 0 Å². The van der Waals surface area contributed by atoms with Crippen LogP contribution in [-0.2, 0) is 10.0 Å². The first-order valence-corrected chi connectivity index (χ1v) is 7.39. The first-order chi connectivity index (χ1) is 8.45. The highest BCUT2D eigenvalue weighted by atomic mass is 32.2. The number of hydrogen-bond donors (Lipinski definition) is 0. The van der Waals surface area contributed by atoms with Gasteiger partial charge in [0.25, 0.3) is 0 Å². The van der Waals surface area contributed by atoms with Crippen LogP contribution in [0.15, 0.2) is 24.3 Å². The molecule has 0 aliphatic heterocycles. The van der Waals surface area contributed by atoms with Crippen molar-refractivity contribution in [1.29, 1.82) is 0 Å². The average Bonchev–Trinajstić information content (AvgIpc) is 2.31. The third-order valence-electron chi connectivity index (χ3n) is 2.43. The minimum atomic E-state index is -3.18. The Labute approximate surface area is 107 Å². The van der Waals surface area contributed by atoms with E-state index in [9.17, 15) is 12.8 Å². The van der Waals surface area contributed by atoms with Gasteiger partial charge < -0.3 is 4.74 Å². The Hall–Kier alpha value is -1.14. The molecule has 0 aromatic heterocycles. The Morgan fingerprint density at radius 1 is 1.28 bits per heavy atom. The van der Waals surface area contributed by atoms with Crippen LogP contribution in [0.2, 0.25) is 0 Å². The summed E-state index contributed by atoms with van der Waals surface area (Å²) in [4.78, 5) is 0. The number of likely N-dealkylation sites (N-methyl/N-ethyl adjacent to an activating group) is 1. The normalized spacial score (nSPS) is 11.8. The Bertz CT molecular complexity index is 459. The van der Waals surface area contributed by atoms with Gasteiger partial charge in [0, 0.05) is 13.6 Å². The standard InChI is InChI=1S/C12H18FNO3S/c1-3-10-18(15,16)14(2)8-9-17-12-6-4-11(13)5-7-12/h4-7H,3,8-10H2,1-2H3. The van der Waals surface area contributed by atoms with Crippen molar-refractivity contribution in [3.63, 3.8) is 0 Å². The molecular formula is C12H18FNO3S. The van der Waals surface area contributed by atoms with Crippen molar-refractivity contribution < 1.29 is 17.5 Å². The van der Waals surface area contributed by atoms with Gasteiger partial charge in [-0.3, -0.25) is 0 Å². The van der Waals surface area contributed by atoms with Gasteiger partial charge in [0.1, 0.15) is 18.2 Å². The lowest BCUT2D eigenvalue weighted by Crippen LogP contribution is -2.32. The maximum Gasteiger partial charge on any atom is 0.213 e. The fourth-order valence-electron chi connectivity index (χ4n) is 1.38. The molecule has 0 atom stereocenters. The van der Waals surface area contributed by atoms with E-state index in [4.69, 9.17) is 4.74 Å². The van der Waals surface area contributed by atoms with Crippen molar-refractivity contribution >= 4 is 10.0 Å².